The minimum Gasteiger partial charge on any atom is -0.508 e. The van der Waals surface area contributed by atoms with Crippen LogP contribution in [0, 0.1) is 11.2 Å². The van der Waals surface area contributed by atoms with Gasteiger partial charge in [-0.3, -0.25) is 16.1 Å². The molecule has 3 rings (SSSR count). The normalized spacial score (nSPS) is 10.6. The maximum Gasteiger partial charge on any atom is 0.152 e. The fourth-order valence-corrected chi connectivity index (χ4v) is 2.21. The Morgan fingerprint density at radius 2 is 1.91 bits per heavy atom. The lowest BCUT2D eigenvalue weighted by atomic mass is 10.1. The first kappa shape index (κ1) is 14.0. The summed E-state index contributed by atoms with van der Waals surface area (Å²) >= 11 is 0. The molecule has 3 aromatic rings. The molecule has 0 aliphatic carbocycles. The number of nitrogens with zero attached hydrogens (tertiary/aromatic N) is 1. The molecule has 0 aliphatic rings. The van der Waals surface area contributed by atoms with Crippen molar-refractivity contribution >= 4 is 16.7 Å². The Morgan fingerprint density at radius 3 is 2.64 bits per heavy atom. The Bertz CT molecular complexity index is 880. The van der Waals surface area contributed by atoms with Gasteiger partial charge in [0.25, 0.3) is 0 Å². The van der Waals surface area contributed by atoms with Gasteiger partial charge in [-0.25, -0.2) is 9.37 Å². The van der Waals surface area contributed by atoms with E-state index >= 15 is 0 Å². The van der Waals surface area contributed by atoms with E-state index in [9.17, 15) is 9.50 Å². The minimum atomic E-state index is -0.628. The topological polar surface area (TPSA) is 89.2 Å². The average molecular weight is 297 g/mol. The third-order valence-corrected chi connectivity index (χ3v) is 3.32. The van der Waals surface area contributed by atoms with Gasteiger partial charge in [-0.05, 0) is 36.4 Å². The molecule has 1 heterocycles. The molecule has 0 saturated carbocycles. The highest BCUT2D eigenvalue weighted by Crippen LogP contribution is 2.25. The molecule has 6 heteroatoms. The number of pyridine rings is 1. The first-order valence-electron chi connectivity index (χ1n) is 6.47. The van der Waals surface area contributed by atoms with Crippen molar-refractivity contribution < 1.29 is 14.7 Å². The summed E-state index contributed by atoms with van der Waals surface area (Å²) in [4.78, 5) is 4.43. The lowest BCUT2D eigenvalue weighted by molar-refractivity contribution is 0.234. The molecule has 0 saturated heterocycles. The van der Waals surface area contributed by atoms with Gasteiger partial charge in [-0.15, -0.1) is 0 Å². The number of rotatable bonds is 2. The van der Waals surface area contributed by atoms with Crippen LogP contribution < -0.4 is 5.48 Å². The van der Waals surface area contributed by atoms with Crippen molar-refractivity contribution in [2.24, 2.45) is 0 Å². The number of phenolic OH excluding ortho intramolecular Hbond substituents is 1. The standard InChI is InChI=1S/C16H12FN3O2/c17-13-8-10(1-4-12(13)16(18)20-22)14-5-2-9-7-11(21)3-6-15(9)19-14/h1-8,21-22H,(H2,18,20). The maximum absolute atomic E-state index is 14.0. The average Bonchev–Trinajstić information content (AvgIpc) is 2.53. The number of hydroxylamine groups is 1. The second-order valence-electron chi connectivity index (χ2n) is 4.75. The van der Waals surface area contributed by atoms with Crippen molar-refractivity contribution in [3.63, 3.8) is 0 Å². The number of benzene rings is 2. The SMILES string of the molecule is N=C(NO)c1ccc(-c2ccc3cc(O)ccc3n2)cc1F. The Kier molecular flexibility index (Phi) is 3.44. The van der Waals surface area contributed by atoms with Crippen LogP contribution in [-0.2, 0) is 0 Å². The van der Waals surface area contributed by atoms with Gasteiger partial charge in [0.05, 0.1) is 16.8 Å². The van der Waals surface area contributed by atoms with Crippen molar-refractivity contribution in [2.75, 3.05) is 0 Å². The number of phenols is 1. The van der Waals surface area contributed by atoms with E-state index in [1.165, 1.54) is 18.2 Å². The number of nitrogens with one attached hydrogen (secondary N) is 2. The maximum atomic E-state index is 14.0. The van der Waals surface area contributed by atoms with Crippen LogP contribution in [0.5, 0.6) is 5.75 Å². The fraction of sp³-hybridized carbons (Fsp3) is 0. The Labute approximate surface area is 125 Å². The van der Waals surface area contributed by atoms with E-state index in [0.29, 0.717) is 16.8 Å². The van der Waals surface area contributed by atoms with Gasteiger partial charge in [0, 0.05) is 10.9 Å². The zero-order valence-corrected chi connectivity index (χ0v) is 11.3. The number of halogens is 1. The molecule has 0 amide bonds. The van der Waals surface area contributed by atoms with Crippen LogP contribution in [0.15, 0.2) is 48.5 Å². The molecule has 0 aliphatic heterocycles. The number of hydrogen-bond acceptors (Lipinski definition) is 4. The quantitative estimate of drug-likeness (QED) is 0.332. The largest absolute Gasteiger partial charge is 0.508 e. The summed E-state index contributed by atoms with van der Waals surface area (Å²) in [5.74, 6) is -0.880. The predicted molar refractivity (Wildman–Crippen MR) is 80.6 cm³/mol. The van der Waals surface area contributed by atoms with E-state index in [4.69, 9.17) is 10.6 Å². The second kappa shape index (κ2) is 5.42. The number of aromatic hydroxyl groups is 1. The smallest absolute Gasteiger partial charge is 0.152 e. The van der Waals surface area contributed by atoms with E-state index in [0.717, 1.165) is 5.39 Å². The lowest BCUT2D eigenvalue weighted by Gasteiger charge is -2.07. The van der Waals surface area contributed by atoms with E-state index in [1.807, 2.05) is 0 Å². The summed E-state index contributed by atoms with van der Waals surface area (Å²) in [7, 11) is 0. The second-order valence-corrected chi connectivity index (χ2v) is 4.75. The van der Waals surface area contributed by atoms with Crippen molar-refractivity contribution in [3.05, 3.63) is 59.9 Å². The molecule has 0 radical (unpaired) electrons. The predicted octanol–water partition coefficient (Wildman–Crippen LogP) is 3.05. The van der Waals surface area contributed by atoms with Gasteiger partial charge in [-0.1, -0.05) is 12.1 Å². The lowest BCUT2D eigenvalue weighted by Crippen LogP contribution is -2.20. The Balaban J connectivity index is 2.05. The van der Waals surface area contributed by atoms with E-state index in [-0.39, 0.29) is 11.3 Å². The van der Waals surface area contributed by atoms with Crippen LogP contribution in [0.3, 0.4) is 0 Å². The highest BCUT2D eigenvalue weighted by Gasteiger charge is 2.10. The molecular formula is C16H12FN3O2. The van der Waals surface area contributed by atoms with Crippen molar-refractivity contribution in [1.29, 1.82) is 5.41 Å². The van der Waals surface area contributed by atoms with Gasteiger partial charge in [0.1, 0.15) is 11.6 Å². The van der Waals surface area contributed by atoms with Crippen molar-refractivity contribution in [2.45, 2.75) is 0 Å². The van der Waals surface area contributed by atoms with Crippen LogP contribution in [0.1, 0.15) is 5.56 Å². The molecule has 110 valence electrons. The van der Waals surface area contributed by atoms with Crippen molar-refractivity contribution in [1.82, 2.24) is 10.5 Å². The number of aromatic nitrogens is 1. The molecule has 1 aromatic heterocycles. The van der Waals surface area contributed by atoms with E-state index < -0.39 is 11.7 Å². The number of amidine groups is 1. The van der Waals surface area contributed by atoms with E-state index in [1.54, 1.807) is 35.8 Å². The molecule has 0 atom stereocenters. The number of hydrogen-bond donors (Lipinski definition) is 4. The summed E-state index contributed by atoms with van der Waals surface area (Å²) in [6.07, 6.45) is 0. The molecule has 5 nitrogen and oxygen atoms in total. The first-order valence-corrected chi connectivity index (χ1v) is 6.47. The number of fused-ring (bicyclic) bond motifs is 1. The summed E-state index contributed by atoms with van der Waals surface area (Å²) in [5.41, 5.74) is 3.40. The molecule has 0 fully saturated rings. The zero-order valence-electron chi connectivity index (χ0n) is 11.3. The Hall–Kier alpha value is -2.99. The van der Waals surface area contributed by atoms with Crippen molar-refractivity contribution in [3.8, 4) is 17.0 Å². The van der Waals surface area contributed by atoms with Gasteiger partial charge in [0.2, 0.25) is 0 Å². The summed E-state index contributed by atoms with van der Waals surface area (Å²) in [6, 6.07) is 12.6. The zero-order chi connectivity index (χ0) is 15.7. The summed E-state index contributed by atoms with van der Waals surface area (Å²) in [6.45, 7) is 0. The molecule has 0 spiro atoms. The minimum absolute atomic E-state index is 0.0306. The summed E-state index contributed by atoms with van der Waals surface area (Å²) in [5, 5.41) is 26.3. The third kappa shape index (κ3) is 2.47. The molecular weight excluding hydrogens is 285 g/mol. The van der Waals surface area contributed by atoms with Crippen LogP contribution in [0.2, 0.25) is 0 Å². The monoisotopic (exact) mass is 297 g/mol. The Morgan fingerprint density at radius 1 is 1.09 bits per heavy atom. The van der Waals surface area contributed by atoms with E-state index in [2.05, 4.69) is 4.98 Å². The van der Waals surface area contributed by atoms with Crippen LogP contribution >= 0.6 is 0 Å². The molecule has 0 unspecified atom stereocenters. The van der Waals surface area contributed by atoms with Gasteiger partial charge in [0.15, 0.2) is 5.84 Å². The van der Waals surface area contributed by atoms with Gasteiger partial charge < -0.3 is 5.11 Å². The molecule has 22 heavy (non-hydrogen) atoms. The highest BCUT2D eigenvalue weighted by molar-refractivity contribution is 5.96. The third-order valence-electron chi connectivity index (χ3n) is 3.32. The fourth-order valence-electron chi connectivity index (χ4n) is 2.21. The first-order chi connectivity index (χ1) is 10.6. The molecule has 2 aromatic carbocycles. The highest BCUT2D eigenvalue weighted by atomic mass is 19.1. The summed E-state index contributed by atoms with van der Waals surface area (Å²) < 4.78 is 14.0. The van der Waals surface area contributed by atoms with Crippen LogP contribution in [-0.4, -0.2) is 21.1 Å². The van der Waals surface area contributed by atoms with Crippen LogP contribution in [0.25, 0.3) is 22.2 Å². The van der Waals surface area contributed by atoms with Gasteiger partial charge in [-0.2, -0.15) is 0 Å². The van der Waals surface area contributed by atoms with Crippen LogP contribution in [0.4, 0.5) is 4.39 Å². The van der Waals surface area contributed by atoms with Gasteiger partial charge >= 0.3 is 0 Å². The molecule has 0 bridgehead atoms. The molecule has 4 N–H and O–H groups in total.